The largest absolute Gasteiger partial charge is 0.273 e. The zero-order chi connectivity index (χ0) is 12.2. The molecular formula is C10H14N2O4. The molecule has 1 aliphatic rings. The summed E-state index contributed by atoms with van der Waals surface area (Å²) in [7, 11) is 0. The smallest absolute Gasteiger partial charge is 0.269 e. The van der Waals surface area contributed by atoms with Gasteiger partial charge in [0.05, 0.1) is 0 Å². The zero-order valence-corrected chi connectivity index (χ0v) is 9.17. The van der Waals surface area contributed by atoms with E-state index < -0.39 is 16.6 Å². The Morgan fingerprint density at radius 1 is 1.62 bits per heavy atom. The van der Waals surface area contributed by atoms with E-state index in [4.69, 9.17) is 4.84 Å². The highest BCUT2D eigenvalue weighted by molar-refractivity contribution is 5.74. The molecule has 0 aromatic rings. The van der Waals surface area contributed by atoms with Crippen LogP contribution < -0.4 is 5.48 Å². The number of carbonyl (C=O) groups is 1. The van der Waals surface area contributed by atoms with Crippen LogP contribution in [0.15, 0.2) is 24.3 Å². The van der Waals surface area contributed by atoms with Gasteiger partial charge in [-0.15, -0.1) is 0 Å². The molecule has 0 bridgehead atoms. The molecular weight excluding hydrogens is 212 g/mol. The number of nitrogens with one attached hydrogen (secondary N) is 1. The third-order valence-electron chi connectivity index (χ3n) is 2.42. The Morgan fingerprint density at radius 3 is 2.88 bits per heavy atom. The van der Waals surface area contributed by atoms with Gasteiger partial charge in [-0.1, -0.05) is 19.1 Å². The van der Waals surface area contributed by atoms with Crippen molar-refractivity contribution in [3.8, 4) is 0 Å². The topological polar surface area (TPSA) is 81.5 Å². The summed E-state index contributed by atoms with van der Waals surface area (Å²) < 4.78 is 0. The molecule has 0 heterocycles. The highest BCUT2D eigenvalue weighted by Crippen LogP contribution is 2.23. The number of hydrogen-bond donors (Lipinski definition) is 1. The first kappa shape index (κ1) is 12.4. The van der Waals surface area contributed by atoms with E-state index in [1.165, 1.54) is 13.0 Å². The van der Waals surface area contributed by atoms with Crippen molar-refractivity contribution in [1.82, 2.24) is 5.48 Å². The SMILES string of the molecule is CCC(=O)NOC1C=CC=CC1(C)[N+](=O)[O-]. The van der Waals surface area contributed by atoms with Gasteiger partial charge in [0.1, 0.15) is 0 Å². The van der Waals surface area contributed by atoms with Crippen LogP contribution in [0.5, 0.6) is 0 Å². The summed E-state index contributed by atoms with van der Waals surface area (Å²) in [6.45, 7) is 3.11. The van der Waals surface area contributed by atoms with E-state index in [0.717, 1.165) is 0 Å². The summed E-state index contributed by atoms with van der Waals surface area (Å²) in [5.74, 6) is -0.311. The lowest BCUT2D eigenvalue weighted by atomic mass is 9.91. The molecule has 1 amide bonds. The number of nitrogens with zero attached hydrogens (tertiary/aromatic N) is 1. The molecule has 88 valence electrons. The Kier molecular flexibility index (Phi) is 3.78. The maximum absolute atomic E-state index is 11.0. The van der Waals surface area contributed by atoms with Crippen molar-refractivity contribution in [2.75, 3.05) is 0 Å². The van der Waals surface area contributed by atoms with Crippen LogP contribution in [0.1, 0.15) is 20.3 Å². The summed E-state index contributed by atoms with van der Waals surface area (Å²) in [6.07, 6.45) is 5.68. The van der Waals surface area contributed by atoms with Crippen LogP contribution in [-0.2, 0) is 9.63 Å². The number of rotatable bonds is 4. The second-order valence-corrected chi connectivity index (χ2v) is 3.64. The average Bonchev–Trinajstić information content (AvgIpc) is 2.27. The highest BCUT2D eigenvalue weighted by atomic mass is 16.7. The summed E-state index contributed by atoms with van der Waals surface area (Å²) in [5, 5.41) is 10.9. The monoisotopic (exact) mass is 226 g/mol. The number of hydroxylamine groups is 1. The van der Waals surface area contributed by atoms with E-state index in [1.807, 2.05) is 0 Å². The molecule has 0 aromatic carbocycles. The summed E-state index contributed by atoms with van der Waals surface area (Å²) in [6, 6.07) is 0. The summed E-state index contributed by atoms with van der Waals surface area (Å²) in [4.78, 5) is 26.5. The molecule has 0 saturated heterocycles. The first-order chi connectivity index (χ1) is 7.50. The minimum atomic E-state index is -1.35. The van der Waals surface area contributed by atoms with Gasteiger partial charge in [0.15, 0.2) is 6.10 Å². The second kappa shape index (κ2) is 4.89. The number of nitro groups is 1. The summed E-state index contributed by atoms with van der Waals surface area (Å²) in [5.41, 5.74) is 0.832. The van der Waals surface area contributed by atoms with Crippen molar-refractivity contribution in [3.63, 3.8) is 0 Å². The molecule has 0 fully saturated rings. The normalized spacial score (nSPS) is 27.8. The van der Waals surface area contributed by atoms with E-state index in [2.05, 4.69) is 5.48 Å². The van der Waals surface area contributed by atoms with Gasteiger partial charge in [0.25, 0.3) is 5.54 Å². The fourth-order valence-corrected chi connectivity index (χ4v) is 1.23. The van der Waals surface area contributed by atoms with Gasteiger partial charge in [-0.2, -0.15) is 0 Å². The fraction of sp³-hybridized carbons (Fsp3) is 0.500. The molecule has 0 spiro atoms. The predicted molar refractivity (Wildman–Crippen MR) is 57.0 cm³/mol. The molecule has 1 N–H and O–H groups in total. The molecule has 6 heteroatoms. The molecule has 1 rings (SSSR count). The van der Waals surface area contributed by atoms with Gasteiger partial charge in [-0.3, -0.25) is 19.7 Å². The van der Waals surface area contributed by atoms with Crippen molar-refractivity contribution >= 4 is 5.91 Å². The van der Waals surface area contributed by atoms with Gasteiger partial charge in [0, 0.05) is 18.3 Å². The molecule has 1 aliphatic carbocycles. The van der Waals surface area contributed by atoms with Gasteiger partial charge < -0.3 is 0 Å². The quantitative estimate of drug-likeness (QED) is 0.572. The molecule has 0 aromatic heterocycles. The third kappa shape index (κ3) is 2.46. The van der Waals surface area contributed by atoms with Crippen LogP contribution in [0, 0.1) is 10.1 Å². The highest BCUT2D eigenvalue weighted by Gasteiger charge is 2.44. The Morgan fingerprint density at radius 2 is 2.31 bits per heavy atom. The molecule has 2 unspecified atom stereocenters. The Bertz CT molecular complexity index is 351. The number of carbonyl (C=O) groups excluding carboxylic acids is 1. The van der Waals surface area contributed by atoms with Crippen molar-refractivity contribution in [1.29, 1.82) is 0 Å². The van der Waals surface area contributed by atoms with Gasteiger partial charge >= 0.3 is 0 Å². The molecule has 6 nitrogen and oxygen atoms in total. The Balaban J connectivity index is 2.70. The molecule has 0 radical (unpaired) electrons. The standard InChI is InChI=1S/C10H14N2O4/c1-3-9(13)11-16-8-6-4-5-7-10(8,2)12(14)15/h4-8H,3H2,1-2H3,(H,11,13). The predicted octanol–water partition coefficient (Wildman–Crippen LogP) is 0.974. The Labute approximate surface area is 93.1 Å². The first-order valence-corrected chi connectivity index (χ1v) is 4.95. The van der Waals surface area contributed by atoms with E-state index in [1.54, 1.807) is 25.2 Å². The van der Waals surface area contributed by atoms with Gasteiger partial charge in [0.2, 0.25) is 5.91 Å². The van der Waals surface area contributed by atoms with Crippen molar-refractivity contribution in [2.24, 2.45) is 0 Å². The Hall–Kier alpha value is -1.69. The number of hydrogen-bond acceptors (Lipinski definition) is 4. The maximum Gasteiger partial charge on any atom is 0.269 e. The lowest BCUT2D eigenvalue weighted by molar-refractivity contribution is -0.562. The van der Waals surface area contributed by atoms with Crippen LogP contribution in [0.25, 0.3) is 0 Å². The lowest BCUT2D eigenvalue weighted by Gasteiger charge is -2.26. The van der Waals surface area contributed by atoms with Gasteiger partial charge in [-0.05, 0) is 12.2 Å². The third-order valence-corrected chi connectivity index (χ3v) is 2.42. The molecule has 16 heavy (non-hydrogen) atoms. The molecule has 0 aliphatic heterocycles. The van der Waals surface area contributed by atoms with Crippen LogP contribution >= 0.6 is 0 Å². The van der Waals surface area contributed by atoms with E-state index in [9.17, 15) is 14.9 Å². The van der Waals surface area contributed by atoms with Crippen LogP contribution in [-0.4, -0.2) is 22.5 Å². The zero-order valence-electron chi connectivity index (χ0n) is 9.17. The van der Waals surface area contributed by atoms with E-state index in [0.29, 0.717) is 0 Å². The number of amides is 1. The molecule has 2 atom stereocenters. The van der Waals surface area contributed by atoms with E-state index in [-0.39, 0.29) is 12.3 Å². The van der Waals surface area contributed by atoms with Crippen molar-refractivity contribution < 1.29 is 14.6 Å². The van der Waals surface area contributed by atoms with Crippen molar-refractivity contribution in [3.05, 3.63) is 34.4 Å². The van der Waals surface area contributed by atoms with Gasteiger partial charge in [-0.25, -0.2) is 5.48 Å². The lowest BCUT2D eigenvalue weighted by Crippen LogP contribution is -2.49. The number of allylic oxidation sites excluding steroid dienone is 2. The minimum absolute atomic E-state index is 0.265. The van der Waals surface area contributed by atoms with E-state index >= 15 is 0 Å². The van der Waals surface area contributed by atoms with Crippen LogP contribution in [0.3, 0.4) is 0 Å². The first-order valence-electron chi connectivity index (χ1n) is 4.95. The summed E-state index contributed by atoms with van der Waals surface area (Å²) >= 11 is 0. The maximum atomic E-state index is 11.0. The minimum Gasteiger partial charge on any atom is -0.273 e. The van der Waals surface area contributed by atoms with Crippen LogP contribution in [0.4, 0.5) is 0 Å². The second-order valence-electron chi connectivity index (χ2n) is 3.64. The fourth-order valence-electron chi connectivity index (χ4n) is 1.23. The average molecular weight is 226 g/mol. The molecule has 0 saturated carbocycles. The van der Waals surface area contributed by atoms with Crippen molar-refractivity contribution in [2.45, 2.75) is 31.9 Å². The van der Waals surface area contributed by atoms with Crippen LogP contribution in [0.2, 0.25) is 0 Å².